The molecule has 0 atom stereocenters. The third-order valence-electron chi connectivity index (χ3n) is 5.28. The van der Waals surface area contributed by atoms with E-state index in [0.29, 0.717) is 6.61 Å². The Balaban J connectivity index is 1.77. The molecule has 6 heteroatoms. The predicted molar refractivity (Wildman–Crippen MR) is 111 cm³/mol. The predicted octanol–water partition coefficient (Wildman–Crippen LogP) is 4.30. The van der Waals surface area contributed by atoms with Gasteiger partial charge in [-0.05, 0) is 69.7 Å². The summed E-state index contributed by atoms with van der Waals surface area (Å²) in [5, 5.41) is 0. The van der Waals surface area contributed by atoms with Crippen molar-refractivity contribution in [1.29, 1.82) is 0 Å². The zero-order valence-electron chi connectivity index (χ0n) is 16.9. The third kappa shape index (κ3) is 4.28. The topological polar surface area (TPSA) is 36.9 Å². The minimum Gasteiger partial charge on any atom is -0.496 e. The van der Waals surface area contributed by atoms with Gasteiger partial charge in [0.1, 0.15) is 18.1 Å². The van der Waals surface area contributed by atoms with Crippen molar-refractivity contribution in [2.24, 2.45) is 0 Å². The van der Waals surface area contributed by atoms with Crippen molar-refractivity contribution in [2.45, 2.75) is 50.4 Å². The zero-order chi connectivity index (χ0) is 19.7. The molecule has 0 spiro atoms. The molecule has 1 aliphatic rings. The molecular formula is C21H27BO4S. The van der Waals surface area contributed by atoms with Gasteiger partial charge in [0, 0.05) is 10.5 Å². The molecule has 1 aliphatic heterocycles. The monoisotopic (exact) mass is 386 g/mol. The highest BCUT2D eigenvalue weighted by atomic mass is 32.2. The molecule has 0 saturated carbocycles. The van der Waals surface area contributed by atoms with Crippen molar-refractivity contribution in [3.63, 3.8) is 0 Å². The van der Waals surface area contributed by atoms with Gasteiger partial charge in [-0.25, -0.2) is 0 Å². The lowest BCUT2D eigenvalue weighted by atomic mass is 9.78. The van der Waals surface area contributed by atoms with Crippen LogP contribution in [0.5, 0.6) is 11.5 Å². The molecule has 0 aliphatic carbocycles. The van der Waals surface area contributed by atoms with Crippen LogP contribution < -0.4 is 14.9 Å². The van der Waals surface area contributed by atoms with E-state index in [1.54, 1.807) is 18.9 Å². The Bertz CT molecular complexity index is 773. The van der Waals surface area contributed by atoms with E-state index in [1.165, 1.54) is 4.90 Å². The van der Waals surface area contributed by atoms with E-state index in [1.807, 2.05) is 30.3 Å². The molecule has 0 unspecified atom stereocenters. The Morgan fingerprint density at radius 2 is 1.59 bits per heavy atom. The molecule has 3 rings (SSSR count). The van der Waals surface area contributed by atoms with Crippen LogP contribution in [-0.2, 0) is 15.9 Å². The molecule has 2 aromatic carbocycles. The van der Waals surface area contributed by atoms with Gasteiger partial charge in [-0.15, -0.1) is 11.8 Å². The first-order chi connectivity index (χ1) is 12.8. The van der Waals surface area contributed by atoms with E-state index >= 15 is 0 Å². The number of hydrogen-bond donors (Lipinski definition) is 0. The number of hydrogen-bond acceptors (Lipinski definition) is 5. The van der Waals surface area contributed by atoms with Gasteiger partial charge in [-0.3, -0.25) is 0 Å². The van der Waals surface area contributed by atoms with Crippen LogP contribution in [0.25, 0.3) is 0 Å². The van der Waals surface area contributed by atoms with Crippen LogP contribution in [-0.4, -0.2) is 31.7 Å². The van der Waals surface area contributed by atoms with Crippen molar-refractivity contribution >= 4 is 24.3 Å². The van der Waals surface area contributed by atoms with Gasteiger partial charge in [-0.2, -0.15) is 0 Å². The highest BCUT2D eigenvalue weighted by Crippen LogP contribution is 2.36. The van der Waals surface area contributed by atoms with Crippen LogP contribution in [0.15, 0.2) is 47.4 Å². The molecule has 0 aromatic heterocycles. The molecule has 1 saturated heterocycles. The summed E-state index contributed by atoms with van der Waals surface area (Å²) in [6.45, 7) is 8.63. The largest absolute Gasteiger partial charge is 0.496 e. The van der Waals surface area contributed by atoms with E-state index in [9.17, 15) is 0 Å². The quantitative estimate of drug-likeness (QED) is 0.547. The Hall–Kier alpha value is -1.63. The second kappa shape index (κ2) is 7.78. The van der Waals surface area contributed by atoms with Crippen LogP contribution in [0.4, 0.5) is 0 Å². The average Bonchev–Trinajstić information content (AvgIpc) is 2.87. The summed E-state index contributed by atoms with van der Waals surface area (Å²) >= 11 is 1.71. The number of thioether (sulfide) groups is 1. The Morgan fingerprint density at radius 1 is 0.963 bits per heavy atom. The molecule has 0 radical (unpaired) electrons. The van der Waals surface area contributed by atoms with Gasteiger partial charge in [0.25, 0.3) is 0 Å². The molecular weight excluding hydrogens is 359 g/mol. The molecule has 1 heterocycles. The Kier molecular flexibility index (Phi) is 5.80. The lowest BCUT2D eigenvalue weighted by Crippen LogP contribution is -2.41. The van der Waals surface area contributed by atoms with Gasteiger partial charge >= 0.3 is 7.12 Å². The van der Waals surface area contributed by atoms with Crippen molar-refractivity contribution in [1.82, 2.24) is 0 Å². The fraction of sp³-hybridized carbons (Fsp3) is 0.429. The van der Waals surface area contributed by atoms with E-state index in [2.05, 4.69) is 46.1 Å². The summed E-state index contributed by atoms with van der Waals surface area (Å²) in [5.74, 6) is 1.62. The van der Waals surface area contributed by atoms with Crippen LogP contribution in [0.3, 0.4) is 0 Å². The SMILES string of the molecule is COc1ccc(B2OC(C)(C)C(C)(C)O2)cc1COc1ccc(SC)cc1. The fourth-order valence-corrected chi connectivity index (χ4v) is 3.28. The maximum Gasteiger partial charge on any atom is 0.494 e. The second-order valence-corrected chi connectivity index (χ2v) is 8.50. The lowest BCUT2D eigenvalue weighted by molar-refractivity contribution is 0.00578. The van der Waals surface area contributed by atoms with E-state index in [-0.39, 0.29) is 11.2 Å². The summed E-state index contributed by atoms with van der Waals surface area (Å²) in [6.07, 6.45) is 2.06. The molecule has 144 valence electrons. The number of methoxy groups -OCH3 is 1. The molecule has 0 N–H and O–H groups in total. The average molecular weight is 386 g/mol. The normalized spacial score (nSPS) is 17.8. The molecule has 0 amide bonds. The fourth-order valence-electron chi connectivity index (χ4n) is 2.87. The molecule has 0 bridgehead atoms. The van der Waals surface area contributed by atoms with E-state index in [0.717, 1.165) is 22.5 Å². The van der Waals surface area contributed by atoms with Gasteiger partial charge in [0.2, 0.25) is 0 Å². The summed E-state index contributed by atoms with van der Waals surface area (Å²) in [4.78, 5) is 1.21. The number of ether oxygens (including phenoxy) is 2. The van der Waals surface area contributed by atoms with Crippen molar-refractivity contribution in [3.05, 3.63) is 48.0 Å². The van der Waals surface area contributed by atoms with Crippen LogP contribution >= 0.6 is 11.8 Å². The van der Waals surface area contributed by atoms with Crippen LogP contribution in [0.1, 0.15) is 33.3 Å². The second-order valence-electron chi connectivity index (χ2n) is 7.62. The summed E-state index contributed by atoms with van der Waals surface area (Å²) in [7, 11) is 1.26. The third-order valence-corrected chi connectivity index (χ3v) is 6.03. The Morgan fingerprint density at radius 3 is 2.15 bits per heavy atom. The Labute approximate surface area is 166 Å². The van der Waals surface area contributed by atoms with E-state index < -0.39 is 7.12 Å². The maximum absolute atomic E-state index is 6.16. The first-order valence-corrected chi connectivity index (χ1v) is 10.3. The standard InChI is InChI=1S/C21H27BO4S/c1-20(2)21(3,4)26-22(25-20)16-7-12-19(23-5)15(13-16)14-24-17-8-10-18(27-6)11-9-17/h7-13H,14H2,1-6H3. The highest BCUT2D eigenvalue weighted by Gasteiger charge is 2.51. The summed E-state index contributed by atoms with van der Waals surface area (Å²) < 4.78 is 23.8. The minimum absolute atomic E-state index is 0.368. The molecule has 4 nitrogen and oxygen atoms in total. The van der Waals surface area contributed by atoms with Gasteiger partial charge in [-0.1, -0.05) is 12.1 Å². The minimum atomic E-state index is -0.402. The van der Waals surface area contributed by atoms with Crippen LogP contribution in [0, 0.1) is 0 Å². The lowest BCUT2D eigenvalue weighted by Gasteiger charge is -2.32. The van der Waals surface area contributed by atoms with Gasteiger partial charge < -0.3 is 18.8 Å². The smallest absolute Gasteiger partial charge is 0.494 e. The van der Waals surface area contributed by atoms with Crippen molar-refractivity contribution in [2.75, 3.05) is 13.4 Å². The highest BCUT2D eigenvalue weighted by molar-refractivity contribution is 7.98. The van der Waals surface area contributed by atoms with E-state index in [4.69, 9.17) is 18.8 Å². The summed E-state index contributed by atoms with van der Waals surface area (Å²) in [5.41, 5.74) is 1.19. The first kappa shape index (κ1) is 20.1. The summed E-state index contributed by atoms with van der Waals surface area (Å²) in [6, 6.07) is 14.0. The number of rotatable bonds is 6. The van der Waals surface area contributed by atoms with Crippen LogP contribution in [0.2, 0.25) is 0 Å². The van der Waals surface area contributed by atoms with Crippen molar-refractivity contribution < 1.29 is 18.8 Å². The number of benzene rings is 2. The molecule has 27 heavy (non-hydrogen) atoms. The molecule has 1 fully saturated rings. The zero-order valence-corrected chi connectivity index (χ0v) is 17.7. The first-order valence-electron chi connectivity index (χ1n) is 9.05. The molecule has 2 aromatic rings. The van der Waals surface area contributed by atoms with Gasteiger partial charge in [0.15, 0.2) is 0 Å². The maximum atomic E-state index is 6.16. The van der Waals surface area contributed by atoms with Crippen molar-refractivity contribution in [3.8, 4) is 11.5 Å². The van der Waals surface area contributed by atoms with Gasteiger partial charge in [0.05, 0.1) is 18.3 Å².